The molecule has 136 valence electrons. The van der Waals surface area contributed by atoms with Crippen molar-refractivity contribution in [1.29, 1.82) is 0 Å². The van der Waals surface area contributed by atoms with Crippen molar-refractivity contribution in [3.63, 3.8) is 0 Å². The van der Waals surface area contributed by atoms with E-state index in [0.717, 1.165) is 32.0 Å². The monoisotopic (exact) mass is 376 g/mol. The van der Waals surface area contributed by atoms with E-state index in [4.69, 9.17) is 0 Å². The predicted molar refractivity (Wildman–Crippen MR) is 108 cm³/mol. The Balaban J connectivity index is 1.69. The number of rotatable bonds is 4. The number of aromatic nitrogens is 3. The predicted octanol–water partition coefficient (Wildman–Crippen LogP) is 4.62. The van der Waals surface area contributed by atoms with E-state index in [1.54, 1.807) is 17.3 Å². The summed E-state index contributed by atoms with van der Waals surface area (Å²) in [5.41, 5.74) is 2.98. The molecular formula is C21H20N4OS. The average Bonchev–Trinajstić information content (AvgIpc) is 3.28. The second-order valence-corrected chi connectivity index (χ2v) is 7.57. The van der Waals surface area contributed by atoms with Crippen LogP contribution >= 0.6 is 11.3 Å². The lowest BCUT2D eigenvalue weighted by Gasteiger charge is -2.24. The molecule has 4 aromatic rings. The Kier molecular flexibility index (Phi) is 4.49. The van der Waals surface area contributed by atoms with Crippen molar-refractivity contribution >= 4 is 27.5 Å². The fraction of sp³-hybridized carbons (Fsp3) is 0.190. The zero-order chi connectivity index (χ0) is 19.0. The molecule has 0 fully saturated rings. The molecule has 27 heavy (non-hydrogen) atoms. The highest BCUT2D eigenvalue weighted by Gasteiger charge is 2.23. The smallest absolute Gasteiger partial charge is 0.264 e. The molecule has 1 atom stereocenters. The molecule has 1 amide bonds. The molecule has 4 rings (SSSR count). The summed E-state index contributed by atoms with van der Waals surface area (Å²) in [6.45, 7) is 4.00. The fourth-order valence-corrected chi connectivity index (χ4v) is 4.28. The molecule has 1 unspecified atom stereocenters. The Morgan fingerprint density at radius 1 is 1.15 bits per heavy atom. The highest BCUT2D eigenvalue weighted by molar-refractivity contribution is 7.20. The summed E-state index contributed by atoms with van der Waals surface area (Å²) in [4.78, 5) is 20.6. The molecule has 0 aliphatic heterocycles. The maximum Gasteiger partial charge on any atom is 0.264 e. The Hall–Kier alpha value is -2.99. The van der Waals surface area contributed by atoms with Gasteiger partial charge in [0.1, 0.15) is 4.83 Å². The first-order valence-electron chi connectivity index (χ1n) is 8.78. The van der Waals surface area contributed by atoms with E-state index in [9.17, 15) is 4.79 Å². The Labute approximate surface area is 161 Å². The normalized spacial score (nSPS) is 12.3. The number of hydrogen-bond donors (Lipinski definition) is 0. The van der Waals surface area contributed by atoms with Crippen LogP contribution in [0.4, 0.5) is 0 Å². The molecule has 5 nitrogen and oxygen atoms in total. The first-order valence-corrected chi connectivity index (χ1v) is 9.59. The van der Waals surface area contributed by atoms with Gasteiger partial charge in [-0.1, -0.05) is 18.2 Å². The van der Waals surface area contributed by atoms with E-state index in [-0.39, 0.29) is 11.9 Å². The lowest BCUT2D eigenvalue weighted by Crippen LogP contribution is -2.29. The summed E-state index contributed by atoms with van der Waals surface area (Å²) in [6.07, 6.45) is 3.50. The third-order valence-corrected chi connectivity index (χ3v) is 5.94. The molecule has 0 N–H and O–H groups in total. The van der Waals surface area contributed by atoms with Crippen molar-refractivity contribution in [3.05, 3.63) is 77.1 Å². The minimum absolute atomic E-state index is 0.0134. The molecule has 1 aromatic carbocycles. The van der Waals surface area contributed by atoms with Gasteiger partial charge in [-0.05, 0) is 49.7 Å². The number of carbonyl (C=O) groups is 1. The molecular weight excluding hydrogens is 356 g/mol. The van der Waals surface area contributed by atoms with Crippen molar-refractivity contribution in [2.75, 3.05) is 7.05 Å². The van der Waals surface area contributed by atoms with Crippen LogP contribution in [0.5, 0.6) is 0 Å². The zero-order valence-corrected chi connectivity index (χ0v) is 16.3. The number of benzene rings is 1. The van der Waals surface area contributed by atoms with Gasteiger partial charge in [-0.25, -0.2) is 4.68 Å². The average molecular weight is 376 g/mol. The Morgan fingerprint density at radius 3 is 2.56 bits per heavy atom. The van der Waals surface area contributed by atoms with Gasteiger partial charge in [-0.15, -0.1) is 11.3 Å². The summed E-state index contributed by atoms with van der Waals surface area (Å²) >= 11 is 1.49. The maximum atomic E-state index is 13.1. The first-order chi connectivity index (χ1) is 13.1. The van der Waals surface area contributed by atoms with Gasteiger partial charge in [0, 0.05) is 24.8 Å². The van der Waals surface area contributed by atoms with Crippen molar-refractivity contribution in [2.24, 2.45) is 0 Å². The van der Waals surface area contributed by atoms with Gasteiger partial charge in [0.15, 0.2) is 0 Å². The third-order valence-electron chi connectivity index (χ3n) is 4.85. The Morgan fingerprint density at radius 2 is 1.85 bits per heavy atom. The molecule has 0 radical (unpaired) electrons. The van der Waals surface area contributed by atoms with Crippen LogP contribution in [-0.4, -0.2) is 32.6 Å². The van der Waals surface area contributed by atoms with Crippen LogP contribution in [-0.2, 0) is 0 Å². The van der Waals surface area contributed by atoms with E-state index in [1.807, 2.05) is 74.1 Å². The number of aryl methyl sites for hydroxylation is 1. The standard InChI is InChI=1S/C21H20N4OS/c1-14-18-13-19(20(26)24(3)15(2)16-9-11-22-12-10-16)27-21(18)25(23-14)17-7-5-4-6-8-17/h4-13,15H,1-3H3. The third kappa shape index (κ3) is 3.13. The fourth-order valence-electron chi connectivity index (χ4n) is 3.11. The van der Waals surface area contributed by atoms with Crippen LogP contribution in [0.1, 0.15) is 33.9 Å². The van der Waals surface area contributed by atoms with E-state index in [2.05, 4.69) is 10.1 Å². The van der Waals surface area contributed by atoms with Crippen molar-refractivity contribution in [3.8, 4) is 5.69 Å². The molecule has 0 saturated carbocycles. The molecule has 3 aromatic heterocycles. The number of nitrogens with zero attached hydrogens (tertiary/aromatic N) is 4. The number of fused-ring (bicyclic) bond motifs is 1. The van der Waals surface area contributed by atoms with Gasteiger partial charge in [0.2, 0.25) is 0 Å². The van der Waals surface area contributed by atoms with E-state index in [1.165, 1.54) is 11.3 Å². The van der Waals surface area contributed by atoms with Crippen LogP contribution in [0.3, 0.4) is 0 Å². The van der Waals surface area contributed by atoms with Crippen LogP contribution in [0.15, 0.2) is 60.9 Å². The van der Waals surface area contributed by atoms with Crippen molar-refractivity contribution in [1.82, 2.24) is 19.7 Å². The second-order valence-electron chi connectivity index (χ2n) is 6.53. The SMILES string of the molecule is Cc1nn(-c2ccccc2)c2sc(C(=O)N(C)C(C)c3ccncc3)cc12. The van der Waals surface area contributed by atoms with Crippen LogP contribution in [0, 0.1) is 6.92 Å². The molecule has 0 aliphatic carbocycles. The van der Waals surface area contributed by atoms with Crippen molar-refractivity contribution < 1.29 is 4.79 Å². The number of para-hydroxylation sites is 1. The molecule has 0 aliphatic rings. The topological polar surface area (TPSA) is 51.0 Å². The van der Waals surface area contributed by atoms with Gasteiger partial charge in [0.05, 0.1) is 22.3 Å². The molecule has 0 saturated heterocycles. The summed E-state index contributed by atoms with van der Waals surface area (Å²) in [6, 6.07) is 15.8. The lowest BCUT2D eigenvalue weighted by molar-refractivity contribution is 0.0747. The van der Waals surface area contributed by atoms with E-state index >= 15 is 0 Å². The maximum absolute atomic E-state index is 13.1. The van der Waals surface area contributed by atoms with E-state index in [0.29, 0.717) is 0 Å². The minimum Gasteiger partial charge on any atom is -0.334 e. The highest BCUT2D eigenvalue weighted by Crippen LogP contribution is 2.32. The van der Waals surface area contributed by atoms with E-state index < -0.39 is 0 Å². The Bertz CT molecular complexity index is 1090. The van der Waals surface area contributed by atoms with Crippen LogP contribution in [0.25, 0.3) is 15.9 Å². The quantitative estimate of drug-likeness (QED) is 0.522. The molecule has 0 bridgehead atoms. The summed E-state index contributed by atoms with van der Waals surface area (Å²) < 4.78 is 1.92. The number of hydrogen-bond acceptors (Lipinski definition) is 4. The number of thiophene rings is 1. The van der Waals surface area contributed by atoms with Gasteiger partial charge in [-0.2, -0.15) is 5.10 Å². The summed E-state index contributed by atoms with van der Waals surface area (Å²) in [5.74, 6) is 0.0134. The van der Waals surface area contributed by atoms with Gasteiger partial charge >= 0.3 is 0 Å². The number of carbonyl (C=O) groups excluding carboxylic acids is 1. The second kappa shape index (κ2) is 6.96. The van der Waals surface area contributed by atoms with Gasteiger partial charge < -0.3 is 4.90 Å². The highest BCUT2D eigenvalue weighted by atomic mass is 32.1. The minimum atomic E-state index is -0.0302. The zero-order valence-electron chi connectivity index (χ0n) is 15.5. The number of amides is 1. The van der Waals surface area contributed by atoms with Gasteiger partial charge in [-0.3, -0.25) is 9.78 Å². The first kappa shape index (κ1) is 17.4. The van der Waals surface area contributed by atoms with Crippen LogP contribution in [0.2, 0.25) is 0 Å². The lowest BCUT2D eigenvalue weighted by atomic mass is 10.1. The summed E-state index contributed by atoms with van der Waals surface area (Å²) in [5, 5.41) is 5.67. The molecule has 6 heteroatoms. The molecule has 3 heterocycles. The van der Waals surface area contributed by atoms with Crippen molar-refractivity contribution in [2.45, 2.75) is 19.9 Å². The largest absolute Gasteiger partial charge is 0.334 e. The van der Waals surface area contributed by atoms with Gasteiger partial charge in [0.25, 0.3) is 5.91 Å². The number of pyridine rings is 1. The summed E-state index contributed by atoms with van der Waals surface area (Å²) in [7, 11) is 1.84. The van der Waals surface area contributed by atoms with Crippen LogP contribution < -0.4 is 0 Å². The molecule has 0 spiro atoms.